The van der Waals surface area contributed by atoms with Gasteiger partial charge in [-0.3, -0.25) is 0 Å². The van der Waals surface area contributed by atoms with E-state index < -0.39 is 24.1 Å². The summed E-state index contributed by atoms with van der Waals surface area (Å²) in [6, 6.07) is -1.97. The molecule has 0 heterocycles. The molecule has 0 saturated heterocycles. The first kappa shape index (κ1) is 13.3. The number of urea groups is 1. The van der Waals surface area contributed by atoms with Crippen LogP contribution in [0.3, 0.4) is 0 Å². The first-order valence-electron chi connectivity index (χ1n) is 4.26. The van der Waals surface area contributed by atoms with E-state index in [2.05, 4.69) is 11.2 Å². The Kier molecular flexibility index (Phi) is 5.20. The first-order chi connectivity index (χ1) is 6.90. The fourth-order valence-corrected chi connectivity index (χ4v) is 0.841. The van der Waals surface area contributed by atoms with Crippen LogP contribution in [0.4, 0.5) is 4.79 Å². The lowest BCUT2D eigenvalue weighted by Crippen LogP contribution is -2.51. The number of carbonyl (C=O) groups excluding carboxylic acids is 1. The van der Waals surface area contributed by atoms with Gasteiger partial charge in [-0.25, -0.2) is 9.59 Å². The highest BCUT2D eigenvalue weighted by molar-refractivity contribution is 5.83. The standard InChI is InChI=1S/C9H14N2O4/c1-4-5-11(3)9(15)10-7(6(2)12)8(13)14/h1,6-7,12H,5H2,2-3H3,(H,10,15)(H,13,14). The number of nitrogens with one attached hydrogen (secondary N) is 1. The Labute approximate surface area is 87.9 Å². The molecule has 15 heavy (non-hydrogen) atoms. The number of rotatable bonds is 4. The van der Waals surface area contributed by atoms with Crippen LogP contribution in [0.1, 0.15) is 6.92 Å². The minimum Gasteiger partial charge on any atom is -0.480 e. The van der Waals surface area contributed by atoms with E-state index in [4.69, 9.17) is 16.6 Å². The largest absolute Gasteiger partial charge is 0.480 e. The zero-order chi connectivity index (χ0) is 12.0. The van der Waals surface area contributed by atoms with Crippen LogP contribution in [0.25, 0.3) is 0 Å². The van der Waals surface area contributed by atoms with E-state index in [1.165, 1.54) is 14.0 Å². The van der Waals surface area contributed by atoms with E-state index in [1.54, 1.807) is 0 Å². The molecular formula is C9H14N2O4. The predicted molar refractivity (Wildman–Crippen MR) is 53.1 cm³/mol. The molecule has 3 N–H and O–H groups in total. The number of aliphatic carboxylic acids is 1. The van der Waals surface area contributed by atoms with Crippen LogP contribution in [0, 0.1) is 12.3 Å². The third-order valence-electron chi connectivity index (χ3n) is 1.70. The molecule has 2 atom stereocenters. The van der Waals surface area contributed by atoms with Crippen molar-refractivity contribution >= 4 is 12.0 Å². The number of aliphatic hydroxyl groups excluding tert-OH is 1. The quantitative estimate of drug-likeness (QED) is 0.529. The Bertz CT molecular complexity index is 282. The molecule has 0 aromatic carbocycles. The van der Waals surface area contributed by atoms with Crippen LogP contribution in [-0.4, -0.2) is 52.9 Å². The maximum atomic E-state index is 11.3. The van der Waals surface area contributed by atoms with Crippen LogP contribution >= 0.6 is 0 Å². The second-order valence-corrected chi connectivity index (χ2v) is 3.07. The molecule has 0 aromatic heterocycles. The summed E-state index contributed by atoms with van der Waals surface area (Å²) >= 11 is 0. The Hall–Kier alpha value is -1.74. The summed E-state index contributed by atoms with van der Waals surface area (Å²) in [5.74, 6) is 0.937. The number of carbonyl (C=O) groups is 2. The van der Waals surface area contributed by atoms with Crippen molar-refractivity contribution in [1.82, 2.24) is 10.2 Å². The van der Waals surface area contributed by atoms with E-state index in [0.29, 0.717) is 0 Å². The van der Waals surface area contributed by atoms with Crippen molar-refractivity contribution in [2.24, 2.45) is 0 Å². The Morgan fingerprint density at radius 1 is 1.60 bits per heavy atom. The van der Waals surface area contributed by atoms with E-state index in [1.807, 2.05) is 0 Å². The van der Waals surface area contributed by atoms with Crippen LogP contribution in [0.2, 0.25) is 0 Å². The second kappa shape index (κ2) is 5.88. The van der Waals surface area contributed by atoms with Crippen molar-refractivity contribution in [1.29, 1.82) is 0 Å². The third kappa shape index (κ3) is 4.33. The summed E-state index contributed by atoms with van der Waals surface area (Å²) in [5, 5.41) is 19.9. The van der Waals surface area contributed by atoms with Gasteiger partial charge in [-0.15, -0.1) is 6.42 Å². The highest BCUT2D eigenvalue weighted by Gasteiger charge is 2.25. The molecule has 84 valence electrons. The van der Waals surface area contributed by atoms with Gasteiger partial charge in [0.2, 0.25) is 0 Å². The zero-order valence-corrected chi connectivity index (χ0v) is 8.60. The Morgan fingerprint density at radius 2 is 2.13 bits per heavy atom. The molecule has 0 aromatic rings. The number of carboxylic acids is 1. The number of hydrogen-bond donors (Lipinski definition) is 3. The summed E-state index contributed by atoms with van der Waals surface area (Å²) in [4.78, 5) is 23.1. The number of aliphatic hydroxyl groups is 1. The predicted octanol–water partition coefficient (Wildman–Crippen LogP) is -0.905. The molecule has 0 aliphatic heterocycles. The van der Waals surface area contributed by atoms with E-state index in [0.717, 1.165) is 4.90 Å². The maximum Gasteiger partial charge on any atom is 0.328 e. The minimum absolute atomic E-state index is 0.0674. The van der Waals surface area contributed by atoms with E-state index >= 15 is 0 Å². The molecule has 0 saturated carbocycles. The number of terminal acetylenes is 1. The highest BCUT2D eigenvalue weighted by Crippen LogP contribution is 1.95. The summed E-state index contributed by atoms with van der Waals surface area (Å²) in [5.41, 5.74) is 0. The summed E-state index contributed by atoms with van der Waals surface area (Å²) in [6.07, 6.45) is 3.80. The zero-order valence-electron chi connectivity index (χ0n) is 8.60. The second-order valence-electron chi connectivity index (χ2n) is 3.07. The van der Waals surface area contributed by atoms with Gasteiger partial charge in [-0.05, 0) is 6.92 Å². The SMILES string of the molecule is C#CCN(C)C(=O)NC(C(=O)O)C(C)O. The monoisotopic (exact) mass is 214 g/mol. The van der Waals surface area contributed by atoms with Crippen molar-refractivity contribution in [3.8, 4) is 12.3 Å². The fourth-order valence-electron chi connectivity index (χ4n) is 0.841. The molecule has 0 spiro atoms. The minimum atomic E-state index is -1.34. The highest BCUT2D eigenvalue weighted by atomic mass is 16.4. The number of nitrogens with zero attached hydrogens (tertiary/aromatic N) is 1. The van der Waals surface area contributed by atoms with Crippen molar-refractivity contribution in [3.05, 3.63) is 0 Å². The maximum absolute atomic E-state index is 11.3. The van der Waals surface area contributed by atoms with Gasteiger partial charge in [-0.2, -0.15) is 0 Å². The number of hydrogen-bond acceptors (Lipinski definition) is 3. The summed E-state index contributed by atoms with van der Waals surface area (Å²) in [7, 11) is 1.43. The Balaban J connectivity index is 4.37. The lowest BCUT2D eigenvalue weighted by atomic mass is 10.2. The normalized spacial score (nSPS) is 13.5. The molecule has 2 unspecified atom stereocenters. The van der Waals surface area contributed by atoms with Crippen molar-refractivity contribution in [3.63, 3.8) is 0 Å². The molecule has 6 heteroatoms. The lowest BCUT2D eigenvalue weighted by molar-refractivity contribution is -0.141. The fraction of sp³-hybridized carbons (Fsp3) is 0.556. The molecule has 0 aliphatic rings. The molecular weight excluding hydrogens is 200 g/mol. The molecule has 0 bridgehead atoms. The van der Waals surface area contributed by atoms with Gasteiger partial charge in [0.1, 0.15) is 0 Å². The van der Waals surface area contributed by atoms with Gasteiger partial charge in [0, 0.05) is 7.05 Å². The molecule has 0 rings (SSSR count). The molecule has 0 fully saturated rings. The van der Waals surface area contributed by atoms with E-state index in [-0.39, 0.29) is 6.54 Å². The van der Waals surface area contributed by atoms with Gasteiger partial charge >= 0.3 is 12.0 Å². The smallest absolute Gasteiger partial charge is 0.328 e. The van der Waals surface area contributed by atoms with Crippen LogP contribution < -0.4 is 5.32 Å². The lowest BCUT2D eigenvalue weighted by Gasteiger charge is -2.21. The van der Waals surface area contributed by atoms with Gasteiger partial charge in [0.25, 0.3) is 0 Å². The van der Waals surface area contributed by atoms with Crippen LogP contribution in [0.5, 0.6) is 0 Å². The topological polar surface area (TPSA) is 89.9 Å². The molecule has 0 radical (unpaired) electrons. The van der Waals surface area contributed by atoms with E-state index in [9.17, 15) is 9.59 Å². The van der Waals surface area contributed by atoms with Crippen molar-refractivity contribution < 1.29 is 19.8 Å². The third-order valence-corrected chi connectivity index (χ3v) is 1.70. The van der Waals surface area contributed by atoms with Gasteiger partial charge in [0.05, 0.1) is 12.6 Å². The average molecular weight is 214 g/mol. The first-order valence-corrected chi connectivity index (χ1v) is 4.26. The van der Waals surface area contributed by atoms with Crippen molar-refractivity contribution in [2.75, 3.05) is 13.6 Å². The number of carboxylic acid groups (broad SMARTS) is 1. The Morgan fingerprint density at radius 3 is 2.47 bits per heavy atom. The summed E-state index contributed by atoms with van der Waals surface area (Å²) < 4.78 is 0. The van der Waals surface area contributed by atoms with Gasteiger partial charge < -0.3 is 20.4 Å². The van der Waals surface area contributed by atoms with Gasteiger partial charge in [-0.1, -0.05) is 5.92 Å². The molecule has 6 nitrogen and oxygen atoms in total. The van der Waals surface area contributed by atoms with Crippen molar-refractivity contribution in [2.45, 2.75) is 19.1 Å². The van der Waals surface area contributed by atoms with Crippen LogP contribution in [-0.2, 0) is 4.79 Å². The molecule has 2 amide bonds. The summed E-state index contributed by atoms with van der Waals surface area (Å²) in [6.45, 7) is 1.35. The molecule has 0 aliphatic carbocycles. The average Bonchev–Trinajstić information content (AvgIpc) is 2.12. The van der Waals surface area contributed by atoms with Crippen LogP contribution in [0.15, 0.2) is 0 Å². The number of amides is 2. The van der Waals surface area contributed by atoms with Gasteiger partial charge in [0.15, 0.2) is 6.04 Å².